The Labute approximate surface area is 166 Å². The molecule has 1 heterocycles. The minimum absolute atomic E-state index is 0.113. The van der Waals surface area contributed by atoms with Gasteiger partial charge in [0.05, 0.1) is 13.2 Å². The highest BCUT2D eigenvalue weighted by molar-refractivity contribution is 5.94. The van der Waals surface area contributed by atoms with Crippen molar-refractivity contribution in [3.63, 3.8) is 0 Å². The van der Waals surface area contributed by atoms with Gasteiger partial charge in [0.1, 0.15) is 0 Å². The molecule has 0 saturated carbocycles. The smallest absolute Gasteiger partial charge is 0.251 e. The SMILES string of the molecule is CCCCOc1ccc(C(=O)NCCn2ccc3ccccc32)cc1OCC. The molecule has 5 heteroatoms. The summed E-state index contributed by atoms with van der Waals surface area (Å²) in [6.45, 7) is 6.48. The van der Waals surface area contributed by atoms with E-state index in [2.05, 4.69) is 35.0 Å². The van der Waals surface area contributed by atoms with Crippen LogP contribution in [0.4, 0.5) is 0 Å². The molecule has 0 atom stereocenters. The first-order valence-corrected chi connectivity index (χ1v) is 9.94. The fraction of sp³-hybridized carbons (Fsp3) is 0.348. The molecule has 5 nitrogen and oxygen atoms in total. The number of unbranched alkanes of at least 4 members (excludes halogenated alkanes) is 1. The minimum Gasteiger partial charge on any atom is -0.490 e. The molecule has 0 bridgehead atoms. The number of para-hydroxylation sites is 1. The molecule has 0 radical (unpaired) electrons. The van der Waals surface area contributed by atoms with Gasteiger partial charge in [0, 0.05) is 30.4 Å². The summed E-state index contributed by atoms with van der Waals surface area (Å²) >= 11 is 0. The van der Waals surface area contributed by atoms with E-state index in [1.807, 2.05) is 31.3 Å². The van der Waals surface area contributed by atoms with Crippen LogP contribution in [0.15, 0.2) is 54.7 Å². The highest BCUT2D eigenvalue weighted by Crippen LogP contribution is 2.28. The number of fused-ring (bicyclic) bond motifs is 1. The molecular formula is C23H28N2O3. The Morgan fingerprint density at radius 3 is 2.71 bits per heavy atom. The molecule has 0 saturated heterocycles. The van der Waals surface area contributed by atoms with E-state index in [1.54, 1.807) is 12.1 Å². The molecule has 1 amide bonds. The number of rotatable bonds is 10. The van der Waals surface area contributed by atoms with Gasteiger partial charge in [0.25, 0.3) is 5.91 Å². The van der Waals surface area contributed by atoms with E-state index in [0.29, 0.717) is 36.8 Å². The van der Waals surface area contributed by atoms with Gasteiger partial charge < -0.3 is 19.4 Å². The number of benzene rings is 2. The van der Waals surface area contributed by atoms with Gasteiger partial charge in [-0.05, 0) is 49.1 Å². The van der Waals surface area contributed by atoms with Crippen LogP contribution >= 0.6 is 0 Å². The fourth-order valence-corrected chi connectivity index (χ4v) is 3.09. The Bertz CT molecular complexity index is 917. The van der Waals surface area contributed by atoms with Crippen molar-refractivity contribution in [2.75, 3.05) is 19.8 Å². The van der Waals surface area contributed by atoms with Gasteiger partial charge in [0.15, 0.2) is 11.5 Å². The first kappa shape index (κ1) is 19.8. The molecule has 0 aliphatic rings. The minimum atomic E-state index is -0.113. The summed E-state index contributed by atoms with van der Waals surface area (Å²) in [7, 11) is 0. The zero-order valence-corrected chi connectivity index (χ0v) is 16.6. The Morgan fingerprint density at radius 2 is 1.89 bits per heavy atom. The van der Waals surface area contributed by atoms with Gasteiger partial charge in [-0.1, -0.05) is 31.5 Å². The van der Waals surface area contributed by atoms with Crippen molar-refractivity contribution in [3.8, 4) is 11.5 Å². The van der Waals surface area contributed by atoms with Crippen LogP contribution in [0.5, 0.6) is 11.5 Å². The van der Waals surface area contributed by atoms with Crippen molar-refractivity contribution in [2.24, 2.45) is 0 Å². The summed E-state index contributed by atoms with van der Waals surface area (Å²) in [5, 5.41) is 4.19. The molecule has 1 N–H and O–H groups in total. The van der Waals surface area contributed by atoms with Crippen LogP contribution in [0, 0.1) is 0 Å². The fourth-order valence-electron chi connectivity index (χ4n) is 3.09. The van der Waals surface area contributed by atoms with E-state index in [1.165, 1.54) is 10.9 Å². The second-order valence-electron chi connectivity index (χ2n) is 6.62. The van der Waals surface area contributed by atoms with E-state index < -0.39 is 0 Å². The quantitative estimate of drug-likeness (QED) is 0.521. The van der Waals surface area contributed by atoms with E-state index in [0.717, 1.165) is 19.4 Å². The summed E-state index contributed by atoms with van der Waals surface area (Å²) in [5.74, 6) is 1.19. The van der Waals surface area contributed by atoms with Crippen molar-refractivity contribution in [3.05, 3.63) is 60.3 Å². The first-order chi connectivity index (χ1) is 13.7. The Balaban J connectivity index is 1.60. The molecule has 0 spiro atoms. The average Bonchev–Trinajstić information content (AvgIpc) is 3.12. The summed E-state index contributed by atoms with van der Waals surface area (Å²) in [5.41, 5.74) is 1.74. The third-order valence-corrected chi connectivity index (χ3v) is 4.58. The highest BCUT2D eigenvalue weighted by Gasteiger charge is 2.11. The van der Waals surface area contributed by atoms with Crippen molar-refractivity contribution in [1.29, 1.82) is 0 Å². The number of hydrogen-bond donors (Lipinski definition) is 1. The first-order valence-electron chi connectivity index (χ1n) is 9.94. The number of aromatic nitrogens is 1. The number of amides is 1. The van der Waals surface area contributed by atoms with Crippen LogP contribution in [0.25, 0.3) is 10.9 Å². The molecule has 3 rings (SSSR count). The molecule has 148 valence electrons. The standard InChI is InChI=1S/C23H28N2O3/c1-3-5-16-28-21-11-10-19(17-22(21)27-4-2)23(26)24-13-15-25-14-12-18-8-6-7-9-20(18)25/h6-12,14,17H,3-5,13,15-16H2,1-2H3,(H,24,26). The molecule has 0 aliphatic carbocycles. The topological polar surface area (TPSA) is 52.5 Å². The summed E-state index contributed by atoms with van der Waals surface area (Å²) in [6, 6.07) is 15.7. The lowest BCUT2D eigenvalue weighted by atomic mass is 10.2. The number of nitrogens with zero attached hydrogens (tertiary/aromatic N) is 1. The lowest BCUT2D eigenvalue weighted by Crippen LogP contribution is -2.27. The molecule has 0 fully saturated rings. The van der Waals surface area contributed by atoms with Gasteiger partial charge in [-0.15, -0.1) is 0 Å². The maximum Gasteiger partial charge on any atom is 0.251 e. The number of hydrogen-bond acceptors (Lipinski definition) is 3. The van der Waals surface area contributed by atoms with Gasteiger partial charge in [-0.3, -0.25) is 4.79 Å². The molecule has 2 aromatic carbocycles. The van der Waals surface area contributed by atoms with Crippen molar-refractivity contribution in [1.82, 2.24) is 9.88 Å². The lowest BCUT2D eigenvalue weighted by molar-refractivity contribution is 0.0952. The van der Waals surface area contributed by atoms with Crippen molar-refractivity contribution >= 4 is 16.8 Å². The second-order valence-corrected chi connectivity index (χ2v) is 6.62. The Kier molecular flexibility index (Phi) is 6.95. The summed E-state index contributed by atoms with van der Waals surface area (Å²) < 4.78 is 13.6. The van der Waals surface area contributed by atoms with Crippen LogP contribution in [-0.4, -0.2) is 30.2 Å². The molecular weight excluding hydrogens is 352 g/mol. The van der Waals surface area contributed by atoms with Gasteiger partial charge in [-0.2, -0.15) is 0 Å². The van der Waals surface area contributed by atoms with Crippen LogP contribution in [-0.2, 0) is 6.54 Å². The maximum absolute atomic E-state index is 12.5. The predicted octanol–water partition coefficient (Wildman–Crippen LogP) is 4.65. The third-order valence-electron chi connectivity index (χ3n) is 4.58. The predicted molar refractivity (Wildman–Crippen MR) is 112 cm³/mol. The molecule has 1 aromatic heterocycles. The largest absolute Gasteiger partial charge is 0.490 e. The van der Waals surface area contributed by atoms with Crippen LogP contribution < -0.4 is 14.8 Å². The van der Waals surface area contributed by atoms with Gasteiger partial charge in [-0.25, -0.2) is 0 Å². The number of carbonyl (C=O) groups excluding carboxylic acids is 1. The maximum atomic E-state index is 12.5. The van der Waals surface area contributed by atoms with E-state index >= 15 is 0 Å². The Hall–Kier alpha value is -2.95. The van der Waals surface area contributed by atoms with Crippen LogP contribution in [0.3, 0.4) is 0 Å². The molecule has 0 aliphatic heterocycles. The number of ether oxygens (including phenoxy) is 2. The zero-order valence-electron chi connectivity index (χ0n) is 16.6. The molecule has 28 heavy (non-hydrogen) atoms. The van der Waals surface area contributed by atoms with Gasteiger partial charge >= 0.3 is 0 Å². The second kappa shape index (κ2) is 9.83. The third kappa shape index (κ3) is 4.85. The normalized spacial score (nSPS) is 10.8. The number of nitrogens with one attached hydrogen (secondary N) is 1. The monoisotopic (exact) mass is 380 g/mol. The van der Waals surface area contributed by atoms with E-state index in [-0.39, 0.29) is 5.91 Å². The zero-order chi connectivity index (χ0) is 19.8. The summed E-state index contributed by atoms with van der Waals surface area (Å²) in [4.78, 5) is 12.5. The lowest BCUT2D eigenvalue weighted by Gasteiger charge is -2.13. The van der Waals surface area contributed by atoms with Crippen molar-refractivity contribution < 1.29 is 14.3 Å². The van der Waals surface area contributed by atoms with Crippen molar-refractivity contribution in [2.45, 2.75) is 33.2 Å². The summed E-state index contributed by atoms with van der Waals surface area (Å²) in [6.07, 6.45) is 4.11. The van der Waals surface area contributed by atoms with E-state index in [4.69, 9.17) is 9.47 Å². The van der Waals surface area contributed by atoms with Crippen LogP contribution in [0.1, 0.15) is 37.0 Å². The Morgan fingerprint density at radius 1 is 1.04 bits per heavy atom. The highest BCUT2D eigenvalue weighted by atomic mass is 16.5. The van der Waals surface area contributed by atoms with Gasteiger partial charge in [0.2, 0.25) is 0 Å². The molecule has 3 aromatic rings. The average molecular weight is 380 g/mol. The molecule has 0 unspecified atom stereocenters. The van der Waals surface area contributed by atoms with E-state index in [9.17, 15) is 4.79 Å². The number of carbonyl (C=O) groups is 1. The van der Waals surface area contributed by atoms with Crippen LogP contribution in [0.2, 0.25) is 0 Å².